The lowest BCUT2D eigenvalue weighted by atomic mass is 10.3. The maximum atomic E-state index is 10.7. The zero-order valence-corrected chi connectivity index (χ0v) is 7.95. The molecule has 1 N–H and O–H groups in total. The van der Waals surface area contributed by atoms with Gasteiger partial charge in [0.25, 0.3) is 5.88 Å². The predicted molar refractivity (Wildman–Crippen MR) is 49.1 cm³/mol. The van der Waals surface area contributed by atoms with Crippen molar-refractivity contribution in [2.45, 2.75) is 0 Å². The summed E-state index contributed by atoms with van der Waals surface area (Å²) in [6.07, 6.45) is 2.32. The van der Waals surface area contributed by atoms with Gasteiger partial charge in [-0.15, -0.1) is 0 Å². The number of hydrogen-bond acceptors (Lipinski definition) is 5. The lowest BCUT2D eigenvalue weighted by molar-refractivity contribution is 0.0698. The second-order valence-electron chi connectivity index (χ2n) is 2.43. The molecule has 7 heteroatoms. The summed E-state index contributed by atoms with van der Waals surface area (Å²) < 4.78 is 9.79. The molecule has 0 bridgehead atoms. The Morgan fingerprint density at radius 1 is 1.57 bits per heavy atom. The monoisotopic (exact) mass is 212 g/mol. The van der Waals surface area contributed by atoms with Crippen molar-refractivity contribution in [2.24, 2.45) is 0 Å². The Bertz CT molecular complexity index is 495. The average Bonchev–Trinajstić information content (AvgIpc) is 2.60. The van der Waals surface area contributed by atoms with E-state index in [1.807, 2.05) is 9.47 Å². The van der Waals surface area contributed by atoms with E-state index >= 15 is 0 Å². The molecule has 1 unspecified atom stereocenters. The normalized spacial score (nSPS) is 10.4. The summed E-state index contributed by atoms with van der Waals surface area (Å²) in [6.45, 7) is 0. The Morgan fingerprint density at radius 2 is 2.36 bits per heavy atom. The van der Waals surface area contributed by atoms with Gasteiger partial charge in [0.05, 0.1) is 9.47 Å². The van der Waals surface area contributed by atoms with E-state index in [0.717, 1.165) is 6.26 Å². The van der Waals surface area contributed by atoms with E-state index < -0.39 is 5.97 Å². The minimum Gasteiger partial charge on any atom is -0.477 e. The highest BCUT2D eigenvalue weighted by Gasteiger charge is 2.17. The van der Waals surface area contributed by atoms with Crippen LogP contribution in [-0.2, 0) is 0 Å². The third-order valence-corrected chi connectivity index (χ3v) is 1.89. The maximum Gasteiger partial charge on any atom is 0.341 e. The number of rotatable bonds is 2. The van der Waals surface area contributed by atoms with E-state index in [1.54, 1.807) is 0 Å². The number of furan rings is 1. The van der Waals surface area contributed by atoms with E-state index in [9.17, 15) is 4.79 Å². The van der Waals surface area contributed by atoms with Crippen LogP contribution in [0.4, 0.5) is 0 Å². The van der Waals surface area contributed by atoms with Crippen molar-refractivity contribution >= 4 is 26.5 Å². The summed E-state index contributed by atoms with van der Waals surface area (Å²) in [5, 5.41) is 8.77. The van der Waals surface area contributed by atoms with Crippen LogP contribution in [0.15, 0.2) is 17.0 Å². The first-order valence-corrected chi connectivity index (χ1v) is 4.03. The third kappa shape index (κ3) is 1.20. The van der Waals surface area contributed by atoms with Crippen LogP contribution in [0, 0.1) is 0 Å². The second kappa shape index (κ2) is 3.23. The van der Waals surface area contributed by atoms with Crippen molar-refractivity contribution in [3.05, 3.63) is 18.2 Å². The number of carboxylic acid groups (broad SMARTS) is 1. The molecule has 0 aliphatic heterocycles. The molecule has 6 nitrogen and oxygen atoms in total. The van der Waals surface area contributed by atoms with Gasteiger partial charge in [0, 0.05) is 0 Å². The molecule has 0 spiro atoms. The van der Waals surface area contributed by atoms with E-state index in [1.165, 1.54) is 6.33 Å². The largest absolute Gasteiger partial charge is 0.477 e. The molecule has 0 aliphatic rings. The molecule has 0 amide bonds. The number of nitrogens with zero attached hydrogens (tertiary/aromatic N) is 2. The predicted octanol–water partition coefficient (Wildman–Crippen LogP) is 1.09. The van der Waals surface area contributed by atoms with E-state index in [-0.39, 0.29) is 22.5 Å². The summed E-state index contributed by atoms with van der Waals surface area (Å²) in [5.41, 5.74) is 0.440. The molecule has 0 aromatic carbocycles. The number of carboxylic acids is 1. The van der Waals surface area contributed by atoms with Crippen molar-refractivity contribution in [3.63, 3.8) is 0 Å². The highest BCUT2D eigenvalue weighted by molar-refractivity contribution is 7.10. The van der Waals surface area contributed by atoms with E-state index in [0.29, 0.717) is 0 Å². The van der Waals surface area contributed by atoms with Crippen LogP contribution in [0.2, 0.25) is 0 Å². The zero-order valence-electron chi connectivity index (χ0n) is 6.80. The highest BCUT2D eigenvalue weighted by Crippen LogP contribution is 2.26. The van der Waals surface area contributed by atoms with Gasteiger partial charge in [-0.1, -0.05) is 0 Å². The molecule has 0 saturated carbocycles. The molecule has 2 rings (SSSR count). The van der Waals surface area contributed by atoms with Crippen LogP contribution in [0.25, 0.3) is 11.1 Å². The lowest BCUT2D eigenvalue weighted by Crippen LogP contribution is -1.95. The molecule has 2 aromatic heterocycles. The van der Waals surface area contributed by atoms with Crippen LogP contribution >= 0.6 is 9.47 Å². The summed E-state index contributed by atoms with van der Waals surface area (Å²) >= 11 is 0. The van der Waals surface area contributed by atoms with Gasteiger partial charge >= 0.3 is 5.97 Å². The lowest BCUT2D eigenvalue weighted by Gasteiger charge is -1.96. The summed E-state index contributed by atoms with van der Waals surface area (Å²) in [4.78, 5) is 18.3. The SMILES string of the molecule is O=C(O)c1coc2c(OP)ncnc12. The van der Waals surface area contributed by atoms with Crippen LogP contribution < -0.4 is 4.52 Å². The zero-order chi connectivity index (χ0) is 10.1. The van der Waals surface area contributed by atoms with Crippen molar-refractivity contribution in [1.82, 2.24) is 9.97 Å². The maximum absolute atomic E-state index is 10.7. The molecule has 72 valence electrons. The smallest absolute Gasteiger partial charge is 0.341 e. The fourth-order valence-corrected chi connectivity index (χ4v) is 1.23. The quantitative estimate of drug-likeness (QED) is 0.750. The van der Waals surface area contributed by atoms with E-state index in [2.05, 4.69) is 9.97 Å². The van der Waals surface area contributed by atoms with Crippen molar-refractivity contribution in [2.75, 3.05) is 0 Å². The molecular formula is C7H5N2O4P. The molecule has 14 heavy (non-hydrogen) atoms. The van der Waals surface area contributed by atoms with Crippen LogP contribution in [0.1, 0.15) is 10.4 Å². The van der Waals surface area contributed by atoms with Gasteiger partial charge in [-0.25, -0.2) is 9.78 Å². The van der Waals surface area contributed by atoms with Gasteiger partial charge < -0.3 is 14.0 Å². The van der Waals surface area contributed by atoms with Crippen molar-refractivity contribution < 1.29 is 18.8 Å². The van der Waals surface area contributed by atoms with Gasteiger partial charge in [0.1, 0.15) is 23.7 Å². The first-order valence-electron chi connectivity index (χ1n) is 3.56. The second-order valence-corrected chi connectivity index (χ2v) is 2.66. The molecule has 2 heterocycles. The van der Waals surface area contributed by atoms with Gasteiger partial charge in [0.15, 0.2) is 0 Å². The highest BCUT2D eigenvalue weighted by atomic mass is 31.0. The summed E-state index contributed by atoms with van der Waals surface area (Å²) in [5.74, 6) is -0.912. The van der Waals surface area contributed by atoms with Gasteiger partial charge in [0.2, 0.25) is 5.58 Å². The fourth-order valence-electron chi connectivity index (χ4n) is 1.06. The molecular weight excluding hydrogens is 207 g/mol. The number of aromatic carboxylic acids is 1. The Hall–Kier alpha value is -1.68. The molecule has 2 aromatic rings. The summed E-state index contributed by atoms with van der Waals surface area (Å²) in [6, 6.07) is 0. The minimum absolute atomic E-state index is 0.00861. The Balaban J connectivity index is 2.75. The Labute approximate surface area is 80.2 Å². The average molecular weight is 212 g/mol. The Kier molecular flexibility index (Phi) is 2.05. The first kappa shape index (κ1) is 8.90. The van der Waals surface area contributed by atoms with E-state index in [4.69, 9.17) is 14.0 Å². The molecule has 0 aliphatic carbocycles. The van der Waals surface area contributed by atoms with Gasteiger partial charge in [-0.3, -0.25) is 0 Å². The van der Waals surface area contributed by atoms with Crippen molar-refractivity contribution in [3.8, 4) is 5.88 Å². The standard InChI is InChI=1S/C7H5N2O4P/c10-7(11)3-1-12-5-4(3)8-2-9-6(5)13-14/h1-2H,14H2,(H,10,11). The minimum atomic E-state index is -1.10. The fraction of sp³-hybridized carbons (Fsp3) is 0. The van der Waals surface area contributed by atoms with Crippen LogP contribution in [-0.4, -0.2) is 21.0 Å². The number of hydrogen-bond donors (Lipinski definition) is 1. The molecule has 0 radical (unpaired) electrons. The number of carbonyl (C=O) groups is 1. The number of fused-ring (bicyclic) bond motifs is 1. The summed E-state index contributed by atoms with van der Waals surface area (Å²) in [7, 11) is 2.00. The topological polar surface area (TPSA) is 85.5 Å². The molecule has 0 fully saturated rings. The third-order valence-electron chi connectivity index (χ3n) is 1.66. The molecule has 0 saturated heterocycles. The van der Waals surface area contributed by atoms with Crippen LogP contribution in [0.5, 0.6) is 5.88 Å². The van der Waals surface area contributed by atoms with Gasteiger partial charge in [-0.2, -0.15) is 4.98 Å². The van der Waals surface area contributed by atoms with Gasteiger partial charge in [-0.05, 0) is 0 Å². The molecule has 1 atom stereocenters. The first-order chi connectivity index (χ1) is 6.74. The van der Waals surface area contributed by atoms with Crippen molar-refractivity contribution in [1.29, 1.82) is 0 Å². The number of aromatic nitrogens is 2. The Morgan fingerprint density at radius 3 is 3.00 bits per heavy atom. The van der Waals surface area contributed by atoms with Crippen LogP contribution in [0.3, 0.4) is 0 Å².